The van der Waals surface area contributed by atoms with Gasteiger partial charge in [0.2, 0.25) is 0 Å². The monoisotopic (exact) mass is 197 g/mol. The Hall–Kier alpha value is -0.570. The van der Waals surface area contributed by atoms with Gasteiger partial charge in [0, 0.05) is 6.42 Å². The highest BCUT2D eigenvalue weighted by atomic mass is 16.4. The molecule has 2 aliphatic carbocycles. The van der Waals surface area contributed by atoms with E-state index in [0.717, 1.165) is 18.9 Å². The Kier molecular flexibility index (Phi) is 2.77. The van der Waals surface area contributed by atoms with Crippen LogP contribution in [-0.4, -0.2) is 17.6 Å². The van der Waals surface area contributed by atoms with Crippen molar-refractivity contribution in [3.63, 3.8) is 0 Å². The van der Waals surface area contributed by atoms with Crippen molar-refractivity contribution in [3.05, 3.63) is 0 Å². The molecule has 0 aromatic rings. The highest BCUT2D eigenvalue weighted by molar-refractivity contribution is 5.67. The smallest absolute Gasteiger partial charge is 0.303 e. The maximum absolute atomic E-state index is 10.7. The van der Waals surface area contributed by atoms with Gasteiger partial charge in [-0.15, -0.1) is 0 Å². The van der Waals surface area contributed by atoms with Crippen molar-refractivity contribution in [2.24, 2.45) is 29.4 Å². The molecular weight excluding hydrogens is 178 g/mol. The normalized spacial score (nSPS) is 41.2. The summed E-state index contributed by atoms with van der Waals surface area (Å²) < 4.78 is 0. The number of nitrogens with two attached hydrogens (primary N) is 1. The van der Waals surface area contributed by atoms with Crippen molar-refractivity contribution >= 4 is 5.97 Å². The highest BCUT2D eigenvalue weighted by Gasteiger charge is 2.42. The van der Waals surface area contributed by atoms with E-state index < -0.39 is 5.97 Å². The first kappa shape index (κ1) is 9.97. The van der Waals surface area contributed by atoms with Gasteiger partial charge in [-0.05, 0) is 49.5 Å². The molecule has 0 spiro atoms. The molecule has 0 unspecified atom stereocenters. The van der Waals surface area contributed by atoms with Gasteiger partial charge in [-0.25, -0.2) is 0 Å². The van der Waals surface area contributed by atoms with E-state index in [2.05, 4.69) is 0 Å². The summed E-state index contributed by atoms with van der Waals surface area (Å²) in [6.07, 6.45) is 5.22. The maximum atomic E-state index is 10.7. The second-order valence-corrected chi connectivity index (χ2v) is 4.93. The molecule has 2 bridgehead atoms. The largest absolute Gasteiger partial charge is 0.481 e. The molecule has 4 atom stereocenters. The van der Waals surface area contributed by atoms with Crippen molar-refractivity contribution in [2.75, 3.05) is 6.54 Å². The summed E-state index contributed by atoms with van der Waals surface area (Å²) in [5.41, 5.74) is 5.73. The molecule has 2 saturated carbocycles. The van der Waals surface area contributed by atoms with Gasteiger partial charge in [0.15, 0.2) is 0 Å². The molecular formula is C11H19NO2. The van der Waals surface area contributed by atoms with Crippen LogP contribution in [0.3, 0.4) is 0 Å². The van der Waals surface area contributed by atoms with E-state index >= 15 is 0 Å². The van der Waals surface area contributed by atoms with Crippen LogP contribution >= 0.6 is 0 Å². The molecule has 2 rings (SSSR count). The fourth-order valence-electron chi connectivity index (χ4n) is 3.51. The van der Waals surface area contributed by atoms with Crippen LogP contribution in [0, 0.1) is 23.7 Å². The topological polar surface area (TPSA) is 63.3 Å². The minimum absolute atomic E-state index is 0.359. The molecule has 0 radical (unpaired) electrons. The van der Waals surface area contributed by atoms with Gasteiger partial charge < -0.3 is 10.8 Å². The predicted molar refractivity (Wildman–Crippen MR) is 53.7 cm³/mol. The van der Waals surface area contributed by atoms with Crippen LogP contribution in [0.25, 0.3) is 0 Å². The van der Waals surface area contributed by atoms with Gasteiger partial charge in [-0.1, -0.05) is 6.42 Å². The lowest BCUT2D eigenvalue weighted by molar-refractivity contribution is -0.138. The molecule has 0 amide bonds. The van der Waals surface area contributed by atoms with E-state index in [0.29, 0.717) is 24.2 Å². The molecule has 0 aromatic heterocycles. The summed E-state index contributed by atoms with van der Waals surface area (Å²) >= 11 is 0. The van der Waals surface area contributed by atoms with E-state index in [1.807, 2.05) is 0 Å². The Balaban J connectivity index is 2.02. The van der Waals surface area contributed by atoms with E-state index in [1.54, 1.807) is 0 Å². The fourth-order valence-corrected chi connectivity index (χ4v) is 3.51. The average Bonchev–Trinajstić information content (AvgIpc) is 2.44. The SMILES string of the molecule is NC[C@@H]1CC[C@@H]2C[C@H](CC(=O)O)[C@H]1C2. The minimum atomic E-state index is -0.640. The van der Waals surface area contributed by atoms with E-state index in [9.17, 15) is 4.79 Å². The summed E-state index contributed by atoms with van der Waals surface area (Å²) in [4.78, 5) is 10.7. The molecule has 80 valence electrons. The predicted octanol–water partition coefficient (Wildman–Crippen LogP) is 1.47. The quantitative estimate of drug-likeness (QED) is 0.720. The highest BCUT2D eigenvalue weighted by Crippen LogP contribution is 2.49. The molecule has 3 heteroatoms. The molecule has 0 saturated heterocycles. The number of carboxylic acid groups (broad SMARTS) is 1. The number of fused-ring (bicyclic) bond motifs is 2. The zero-order valence-corrected chi connectivity index (χ0v) is 8.48. The van der Waals surface area contributed by atoms with E-state index in [4.69, 9.17) is 10.8 Å². The Morgan fingerprint density at radius 1 is 1.29 bits per heavy atom. The molecule has 3 N–H and O–H groups in total. The minimum Gasteiger partial charge on any atom is -0.481 e. The van der Waals surface area contributed by atoms with Gasteiger partial charge in [0.25, 0.3) is 0 Å². The summed E-state index contributed by atoms with van der Waals surface area (Å²) in [6.45, 7) is 0.744. The average molecular weight is 197 g/mol. The number of hydrogen-bond donors (Lipinski definition) is 2. The lowest BCUT2D eigenvalue weighted by Gasteiger charge is -2.29. The zero-order chi connectivity index (χ0) is 10.1. The Morgan fingerprint density at radius 3 is 2.71 bits per heavy atom. The van der Waals surface area contributed by atoms with Crippen molar-refractivity contribution in [3.8, 4) is 0 Å². The first-order valence-electron chi connectivity index (χ1n) is 5.62. The summed E-state index contributed by atoms with van der Waals surface area (Å²) in [5.74, 6) is 1.77. The third kappa shape index (κ3) is 1.78. The molecule has 2 fully saturated rings. The van der Waals surface area contributed by atoms with Crippen molar-refractivity contribution < 1.29 is 9.90 Å². The molecule has 0 aromatic carbocycles. The van der Waals surface area contributed by atoms with Gasteiger partial charge in [-0.3, -0.25) is 4.79 Å². The second-order valence-electron chi connectivity index (χ2n) is 4.93. The standard InChI is InChI=1S/C11H19NO2/c12-6-8-2-1-7-3-9(5-11(13)14)10(8)4-7/h7-10H,1-6,12H2,(H,13,14)/t7-,8+,9-,10+/m1/s1. The van der Waals surface area contributed by atoms with Crippen LogP contribution < -0.4 is 5.73 Å². The number of carbonyl (C=O) groups is 1. The van der Waals surface area contributed by atoms with Gasteiger partial charge >= 0.3 is 5.97 Å². The summed E-state index contributed by atoms with van der Waals surface area (Å²) in [7, 11) is 0. The Labute approximate surface area is 84.7 Å². The van der Waals surface area contributed by atoms with Crippen LogP contribution in [0.2, 0.25) is 0 Å². The Morgan fingerprint density at radius 2 is 2.07 bits per heavy atom. The van der Waals surface area contributed by atoms with Crippen LogP contribution in [0.1, 0.15) is 32.1 Å². The third-order valence-corrected chi connectivity index (χ3v) is 4.14. The maximum Gasteiger partial charge on any atom is 0.303 e. The lowest BCUT2D eigenvalue weighted by atomic mass is 9.77. The van der Waals surface area contributed by atoms with Gasteiger partial charge in [-0.2, -0.15) is 0 Å². The summed E-state index contributed by atoms with van der Waals surface area (Å²) in [6, 6.07) is 0. The lowest BCUT2D eigenvalue weighted by Crippen LogP contribution is -2.29. The van der Waals surface area contributed by atoms with Crippen molar-refractivity contribution in [1.82, 2.24) is 0 Å². The number of rotatable bonds is 3. The molecule has 3 nitrogen and oxygen atoms in total. The number of hydrogen-bond acceptors (Lipinski definition) is 2. The molecule has 2 aliphatic rings. The first-order chi connectivity index (χ1) is 6.70. The molecule has 14 heavy (non-hydrogen) atoms. The Bertz CT molecular complexity index is 229. The van der Waals surface area contributed by atoms with Gasteiger partial charge in [0.05, 0.1) is 0 Å². The number of carboxylic acids is 1. The van der Waals surface area contributed by atoms with Crippen LogP contribution in [0.5, 0.6) is 0 Å². The van der Waals surface area contributed by atoms with Crippen LogP contribution in [0.15, 0.2) is 0 Å². The summed E-state index contributed by atoms with van der Waals surface area (Å²) in [5, 5.41) is 8.82. The fraction of sp³-hybridized carbons (Fsp3) is 0.909. The van der Waals surface area contributed by atoms with E-state index in [1.165, 1.54) is 19.3 Å². The van der Waals surface area contributed by atoms with Gasteiger partial charge in [0.1, 0.15) is 0 Å². The van der Waals surface area contributed by atoms with E-state index in [-0.39, 0.29) is 0 Å². The van der Waals surface area contributed by atoms with Crippen LogP contribution in [-0.2, 0) is 4.79 Å². The van der Waals surface area contributed by atoms with Crippen molar-refractivity contribution in [1.29, 1.82) is 0 Å². The second kappa shape index (κ2) is 3.89. The van der Waals surface area contributed by atoms with Crippen molar-refractivity contribution in [2.45, 2.75) is 32.1 Å². The number of aliphatic carboxylic acids is 1. The first-order valence-corrected chi connectivity index (χ1v) is 5.62. The van der Waals surface area contributed by atoms with Crippen LogP contribution in [0.4, 0.5) is 0 Å². The molecule has 0 aliphatic heterocycles. The molecule has 0 heterocycles. The zero-order valence-electron chi connectivity index (χ0n) is 8.48. The third-order valence-electron chi connectivity index (χ3n) is 4.14.